The Labute approximate surface area is 170 Å². The molecule has 4 N–H and O–H groups in total. The lowest BCUT2D eigenvalue weighted by molar-refractivity contribution is -0.131. The van der Waals surface area contributed by atoms with E-state index < -0.39 is 23.4 Å². The van der Waals surface area contributed by atoms with Gasteiger partial charge in [0.2, 0.25) is 11.8 Å². The van der Waals surface area contributed by atoms with E-state index in [2.05, 4.69) is 10.3 Å². The first kappa shape index (κ1) is 20.0. The highest BCUT2D eigenvalue weighted by Gasteiger charge is 2.35. The van der Waals surface area contributed by atoms with E-state index >= 15 is 0 Å². The Kier molecular flexibility index (Phi) is 5.24. The molecule has 1 aliphatic carbocycles. The predicted molar refractivity (Wildman–Crippen MR) is 106 cm³/mol. The van der Waals surface area contributed by atoms with E-state index in [1.807, 2.05) is 0 Å². The van der Waals surface area contributed by atoms with Crippen molar-refractivity contribution in [1.82, 2.24) is 10.3 Å². The number of H-pyrrole nitrogens is 1. The van der Waals surface area contributed by atoms with Crippen molar-refractivity contribution in [2.24, 2.45) is 17.6 Å². The molecular weight excluding hydrogens is 395 g/mol. The van der Waals surface area contributed by atoms with Gasteiger partial charge in [0.15, 0.2) is 0 Å². The van der Waals surface area contributed by atoms with Crippen molar-refractivity contribution in [3.05, 3.63) is 59.4 Å². The number of fused-ring (bicyclic) bond motifs is 1. The van der Waals surface area contributed by atoms with Gasteiger partial charge >= 0.3 is 0 Å². The first-order valence-corrected chi connectivity index (χ1v) is 9.63. The lowest BCUT2D eigenvalue weighted by Gasteiger charge is -2.34. The number of carbonyl (C=O) groups excluding carboxylic acids is 2. The standard InChI is InChI=1S/C22H20F3N3O2/c23-14-3-1-12(2-4-14)20-16(17-8-15(24)9-18(25)21(17)28-20)7-11-5-13(6-11)22(30)27-10-19(26)29/h1-4,8-9,11,13,28H,5-7,10H2,(H2,26,29)(H,27,30). The van der Waals surface area contributed by atoms with E-state index in [1.165, 1.54) is 18.2 Å². The van der Waals surface area contributed by atoms with Crippen LogP contribution in [0.2, 0.25) is 0 Å². The molecule has 8 heteroatoms. The van der Waals surface area contributed by atoms with Crippen molar-refractivity contribution in [2.45, 2.75) is 19.3 Å². The SMILES string of the molecule is NC(=O)CNC(=O)C1CC(Cc2c(-c3ccc(F)cc3)[nH]c3c(F)cc(F)cc23)C1. The summed E-state index contributed by atoms with van der Waals surface area (Å²) in [5.74, 6) is -2.68. The second-order valence-corrected chi connectivity index (χ2v) is 7.72. The first-order chi connectivity index (χ1) is 14.3. The molecule has 4 rings (SSSR count). The van der Waals surface area contributed by atoms with E-state index in [0.29, 0.717) is 35.9 Å². The van der Waals surface area contributed by atoms with E-state index in [0.717, 1.165) is 11.6 Å². The third-order valence-electron chi connectivity index (χ3n) is 5.60. The van der Waals surface area contributed by atoms with Gasteiger partial charge in [0.25, 0.3) is 0 Å². The monoisotopic (exact) mass is 415 g/mol. The molecule has 0 aliphatic heterocycles. The molecule has 30 heavy (non-hydrogen) atoms. The van der Waals surface area contributed by atoms with E-state index in [4.69, 9.17) is 5.73 Å². The van der Waals surface area contributed by atoms with Gasteiger partial charge in [0.1, 0.15) is 17.5 Å². The number of rotatable bonds is 6. The maximum Gasteiger partial charge on any atom is 0.236 e. The largest absolute Gasteiger partial charge is 0.368 e. The van der Waals surface area contributed by atoms with Crippen LogP contribution in [-0.4, -0.2) is 23.3 Å². The zero-order chi connectivity index (χ0) is 21.4. The summed E-state index contributed by atoms with van der Waals surface area (Å²) >= 11 is 0. The molecule has 0 atom stereocenters. The molecule has 3 aromatic rings. The number of benzene rings is 2. The third-order valence-corrected chi connectivity index (χ3v) is 5.60. The molecule has 0 saturated heterocycles. The highest BCUT2D eigenvalue weighted by molar-refractivity contribution is 5.91. The van der Waals surface area contributed by atoms with Gasteiger partial charge < -0.3 is 16.0 Å². The summed E-state index contributed by atoms with van der Waals surface area (Å²) in [6, 6.07) is 7.89. The number of primary amides is 1. The van der Waals surface area contributed by atoms with Crippen LogP contribution in [0, 0.1) is 29.3 Å². The maximum atomic E-state index is 14.3. The number of hydrogen-bond acceptors (Lipinski definition) is 2. The molecule has 1 aliphatic rings. The van der Waals surface area contributed by atoms with Gasteiger partial charge in [0, 0.05) is 23.1 Å². The zero-order valence-corrected chi connectivity index (χ0v) is 16.0. The van der Waals surface area contributed by atoms with Crippen molar-refractivity contribution < 1.29 is 22.8 Å². The fraction of sp³-hybridized carbons (Fsp3) is 0.273. The molecule has 2 aromatic carbocycles. The molecule has 156 valence electrons. The van der Waals surface area contributed by atoms with Crippen molar-refractivity contribution >= 4 is 22.7 Å². The Balaban J connectivity index is 1.60. The molecule has 0 unspecified atom stereocenters. The predicted octanol–water partition coefficient (Wildman–Crippen LogP) is 3.42. The number of aromatic amines is 1. The molecule has 0 bridgehead atoms. The first-order valence-electron chi connectivity index (χ1n) is 9.63. The highest BCUT2D eigenvalue weighted by atomic mass is 19.1. The van der Waals surface area contributed by atoms with Crippen LogP contribution in [0.3, 0.4) is 0 Å². The number of nitrogens with one attached hydrogen (secondary N) is 2. The quantitative estimate of drug-likeness (QED) is 0.576. The molecule has 2 amide bonds. The lowest BCUT2D eigenvalue weighted by Crippen LogP contribution is -2.42. The summed E-state index contributed by atoms with van der Waals surface area (Å²) < 4.78 is 41.6. The summed E-state index contributed by atoms with van der Waals surface area (Å²) in [6.07, 6.45) is 1.70. The minimum absolute atomic E-state index is 0.138. The summed E-state index contributed by atoms with van der Waals surface area (Å²) in [6.45, 7) is -0.199. The van der Waals surface area contributed by atoms with Gasteiger partial charge in [-0.25, -0.2) is 13.2 Å². The molecule has 0 spiro atoms. The lowest BCUT2D eigenvalue weighted by atomic mass is 9.71. The zero-order valence-electron chi connectivity index (χ0n) is 16.0. The van der Waals surface area contributed by atoms with Gasteiger partial charge in [0.05, 0.1) is 12.1 Å². The van der Waals surface area contributed by atoms with Crippen LogP contribution in [0.25, 0.3) is 22.2 Å². The van der Waals surface area contributed by atoms with Gasteiger partial charge in [-0.3, -0.25) is 9.59 Å². The van der Waals surface area contributed by atoms with E-state index in [9.17, 15) is 22.8 Å². The van der Waals surface area contributed by atoms with Gasteiger partial charge in [-0.2, -0.15) is 0 Å². The molecule has 1 fully saturated rings. The van der Waals surface area contributed by atoms with Gasteiger partial charge in [-0.15, -0.1) is 0 Å². The van der Waals surface area contributed by atoms with E-state index in [-0.39, 0.29) is 29.8 Å². The Morgan fingerprint density at radius 2 is 1.77 bits per heavy atom. The number of halogens is 3. The van der Waals surface area contributed by atoms with Crippen LogP contribution in [0.5, 0.6) is 0 Å². The average Bonchev–Trinajstić information content (AvgIpc) is 3.01. The molecule has 5 nitrogen and oxygen atoms in total. The van der Waals surface area contributed by atoms with Crippen LogP contribution in [0.1, 0.15) is 18.4 Å². The van der Waals surface area contributed by atoms with Crippen LogP contribution in [-0.2, 0) is 16.0 Å². The van der Waals surface area contributed by atoms with E-state index in [1.54, 1.807) is 12.1 Å². The topological polar surface area (TPSA) is 88.0 Å². The van der Waals surface area contributed by atoms with Crippen LogP contribution < -0.4 is 11.1 Å². The fourth-order valence-corrected chi connectivity index (χ4v) is 4.07. The summed E-state index contributed by atoms with van der Waals surface area (Å²) in [7, 11) is 0. The van der Waals surface area contributed by atoms with Crippen LogP contribution in [0.15, 0.2) is 36.4 Å². The van der Waals surface area contributed by atoms with Crippen molar-refractivity contribution in [3.63, 3.8) is 0 Å². The molecular formula is C22H20F3N3O2. The third kappa shape index (κ3) is 3.90. The highest BCUT2D eigenvalue weighted by Crippen LogP contribution is 2.41. The van der Waals surface area contributed by atoms with Crippen molar-refractivity contribution in [3.8, 4) is 11.3 Å². The molecule has 1 heterocycles. The summed E-state index contributed by atoms with van der Waals surface area (Å²) in [4.78, 5) is 25.9. The smallest absolute Gasteiger partial charge is 0.236 e. The number of amides is 2. The summed E-state index contributed by atoms with van der Waals surface area (Å²) in [5.41, 5.74) is 7.23. The average molecular weight is 415 g/mol. The van der Waals surface area contributed by atoms with Gasteiger partial charge in [-0.05, 0) is 66.6 Å². The molecule has 1 saturated carbocycles. The minimum atomic E-state index is -0.697. The Hall–Kier alpha value is -3.29. The van der Waals surface area contributed by atoms with Crippen molar-refractivity contribution in [1.29, 1.82) is 0 Å². The fourth-order valence-electron chi connectivity index (χ4n) is 4.07. The number of carbonyl (C=O) groups is 2. The molecule has 0 radical (unpaired) electrons. The van der Waals surface area contributed by atoms with Gasteiger partial charge in [-0.1, -0.05) is 0 Å². The van der Waals surface area contributed by atoms with Crippen LogP contribution >= 0.6 is 0 Å². The van der Waals surface area contributed by atoms with Crippen molar-refractivity contribution in [2.75, 3.05) is 6.54 Å². The minimum Gasteiger partial charge on any atom is -0.368 e. The Bertz CT molecular complexity index is 1120. The second kappa shape index (κ2) is 7.85. The summed E-state index contributed by atoms with van der Waals surface area (Å²) in [5, 5.41) is 2.93. The number of hydrogen-bond donors (Lipinski definition) is 3. The Morgan fingerprint density at radius 1 is 1.07 bits per heavy atom. The van der Waals surface area contributed by atoms with Crippen LogP contribution in [0.4, 0.5) is 13.2 Å². The normalized spacial score (nSPS) is 18.2. The number of nitrogens with two attached hydrogens (primary N) is 1. The molecule has 1 aromatic heterocycles. The Morgan fingerprint density at radius 3 is 2.43 bits per heavy atom. The second-order valence-electron chi connectivity index (χ2n) is 7.72. The number of aromatic nitrogens is 1. The maximum absolute atomic E-state index is 14.3.